The first-order valence-electron chi connectivity index (χ1n) is 5.81. The minimum Gasteiger partial charge on any atom is -0.480 e. The van der Waals surface area contributed by atoms with Gasteiger partial charge in [-0.1, -0.05) is 0 Å². The highest BCUT2D eigenvalue weighted by atomic mass is 16.4. The summed E-state index contributed by atoms with van der Waals surface area (Å²) in [5.74, 6) is -0.679. The molecule has 1 atom stereocenters. The van der Waals surface area contributed by atoms with Crippen molar-refractivity contribution in [2.45, 2.75) is 38.3 Å². The number of nitrogens with zero attached hydrogens (tertiary/aromatic N) is 2. The van der Waals surface area contributed by atoms with Crippen LogP contribution in [0.1, 0.15) is 26.2 Å². The van der Waals surface area contributed by atoms with E-state index in [1.165, 1.54) is 0 Å². The summed E-state index contributed by atoms with van der Waals surface area (Å²) in [6.07, 6.45) is 3.11. The summed E-state index contributed by atoms with van der Waals surface area (Å²) in [4.78, 5) is 25.9. The number of carbonyl (C=O) groups is 2. The minimum absolute atomic E-state index is 0.0913. The van der Waals surface area contributed by atoms with Crippen molar-refractivity contribution in [2.24, 2.45) is 0 Å². The maximum Gasteiger partial charge on any atom is 0.317 e. The Bertz CT molecular complexity index is 302. The molecule has 90 valence electrons. The zero-order valence-electron chi connectivity index (χ0n) is 9.56. The smallest absolute Gasteiger partial charge is 0.317 e. The van der Waals surface area contributed by atoms with Gasteiger partial charge in [0.25, 0.3) is 0 Å². The molecule has 1 saturated carbocycles. The number of aliphatic carboxylic acids is 1. The van der Waals surface area contributed by atoms with Crippen molar-refractivity contribution in [2.75, 3.05) is 19.6 Å². The van der Waals surface area contributed by atoms with Crippen LogP contribution in [0.25, 0.3) is 0 Å². The minimum atomic E-state index is -0.770. The summed E-state index contributed by atoms with van der Waals surface area (Å²) >= 11 is 0. The first-order chi connectivity index (χ1) is 7.58. The Hall–Kier alpha value is -1.10. The van der Waals surface area contributed by atoms with E-state index < -0.39 is 5.97 Å². The van der Waals surface area contributed by atoms with Crippen LogP contribution >= 0.6 is 0 Å². The summed E-state index contributed by atoms with van der Waals surface area (Å²) in [6, 6.07) is 0.681. The standard InChI is InChI=1S/C11H18N2O3/c1-8(14)12-5-4-10(6-12)13(7-11(15)16)9-2-3-9/h9-10H,2-7H2,1H3,(H,15,16). The second-order valence-corrected chi connectivity index (χ2v) is 4.70. The van der Waals surface area contributed by atoms with Crippen molar-refractivity contribution in [1.82, 2.24) is 9.80 Å². The lowest BCUT2D eigenvalue weighted by Gasteiger charge is -2.27. The van der Waals surface area contributed by atoms with Gasteiger partial charge < -0.3 is 10.0 Å². The average molecular weight is 226 g/mol. The van der Waals surface area contributed by atoms with E-state index in [1.807, 2.05) is 4.90 Å². The van der Waals surface area contributed by atoms with Gasteiger partial charge in [-0.05, 0) is 19.3 Å². The highest BCUT2D eigenvalue weighted by Crippen LogP contribution is 2.31. The van der Waals surface area contributed by atoms with E-state index in [9.17, 15) is 9.59 Å². The Morgan fingerprint density at radius 3 is 2.44 bits per heavy atom. The largest absolute Gasteiger partial charge is 0.480 e. The number of carbonyl (C=O) groups excluding carboxylic acids is 1. The van der Waals surface area contributed by atoms with Crippen LogP contribution in [0.5, 0.6) is 0 Å². The number of carboxylic acid groups (broad SMARTS) is 1. The van der Waals surface area contributed by atoms with Crippen molar-refractivity contribution in [1.29, 1.82) is 0 Å². The van der Waals surface area contributed by atoms with Gasteiger partial charge in [-0.2, -0.15) is 0 Å². The lowest BCUT2D eigenvalue weighted by molar-refractivity contribution is -0.139. The lowest BCUT2D eigenvalue weighted by Crippen LogP contribution is -2.42. The Balaban J connectivity index is 1.94. The van der Waals surface area contributed by atoms with Crippen LogP contribution < -0.4 is 0 Å². The average Bonchev–Trinajstić information content (AvgIpc) is 2.91. The SMILES string of the molecule is CC(=O)N1CCC(N(CC(=O)O)C2CC2)C1. The fourth-order valence-corrected chi connectivity index (χ4v) is 2.42. The molecule has 16 heavy (non-hydrogen) atoms. The van der Waals surface area contributed by atoms with Crippen LogP contribution in [0, 0.1) is 0 Å². The lowest BCUT2D eigenvalue weighted by atomic mass is 10.2. The molecule has 1 aliphatic carbocycles. The van der Waals surface area contributed by atoms with Gasteiger partial charge in [0, 0.05) is 32.1 Å². The molecule has 2 rings (SSSR count). The Labute approximate surface area is 95.0 Å². The van der Waals surface area contributed by atoms with Crippen LogP contribution in [0.2, 0.25) is 0 Å². The molecule has 5 nitrogen and oxygen atoms in total. The summed E-state index contributed by atoms with van der Waals surface area (Å²) in [6.45, 7) is 3.14. The summed E-state index contributed by atoms with van der Waals surface area (Å²) < 4.78 is 0. The molecule has 0 aromatic rings. The fourth-order valence-electron chi connectivity index (χ4n) is 2.42. The summed E-state index contributed by atoms with van der Waals surface area (Å²) in [7, 11) is 0. The molecule has 2 fully saturated rings. The number of likely N-dealkylation sites (tertiary alicyclic amines) is 1. The molecule has 0 aromatic heterocycles. The second-order valence-electron chi connectivity index (χ2n) is 4.70. The van der Waals surface area contributed by atoms with Crippen LogP contribution in [0.3, 0.4) is 0 Å². The first-order valence-corrected chi connectivity index (χ1v) is 5.81. The van der Waals surface area contributed by atoms with Gasteiger partial charge in [0.2, 0.25) is 5.91 Å². The Morgan fingerprint density at radius 1 is 1.31 bits per heavy atom. The van der Waals surface area contributed by atoms with Crippen LogP contribution in [0.4, 0.5) is 0 Å². The molecule has 0 spiro atoms. The number of amides is 1. The maximum absolute atomic E-state index is 11.2. The third kappa shape index (κ3) is 2.52. The van der Waals surface area contributed by atoms with Gasteiger partial charge in [-0.25, -0.2) is 0 Å². The first kappa shape index (κ1) is 11.4. The molecule has 1 heterocycles. The van der Waals surface area contributed by atoms with Crippen molar-refractivity contribution in [3.63, 3.8) is 0 Å². The van der Waals surface area contributed by atoms with E-state index in [0.29, 0.717) is 12.6 Å². The maximum atomic E-state index is 11.2. The van der Waals surface area contributed by atoms with Gasteiger partial charge >= 0.3 is 5.97 Å². The van der Waals surface area contributed by atoms with Gasteiger partial charge in [0.05, 0.1) is 6.54 Å². The van der Waals surface area contributed by atoms with Gasteiger partial charge in [0.1, 0.15) is 0 Å². The molecule has 1 saturated heterocycles. The molecule has 0 aromatic carbocycles. The number of hydrogen-bond donors (Lipinski definition) is 1. The normalized spacial score (nSPS) is 25.1. The highest BCUT2D eigenvalue weighted by Gasteiger charge is 2.38. The summed E-state index contributed by atoms with van der Waals surface area (Å²) in [5.41, 5.74) is 0. The van der Waals surface area contributed by atoms with E-state index >= 15 is 0 Å². The molecule has 5 heteroatoms. The zero-order chi connectivity index (χ0) is 11.7. The Kier molecular flexibility index (Phi) is 3.14. The predicted octanol–water partition coefficient (Wildman–Crippen LogP) is 0.156. The topological polar surface area (TPSA) is 60.9 Å². The Morgan fingerprint density at radius 2 is 2.00 bits per heavy atom. The third-order valence-electron chi connectivity index (χ3n) is 3.41. The molecule has 1 amide bonds. The number of hydrogen-bond acceptors (Lipinski definition) is 3. The van der Waals surface area contributed by atoms with E-state index in [4.69, 9.17) is 5.11 Å². The quantitative estimate of drug-likeness (QED) is 0.741. The van der Waals surface area contributed by atoms with E-state index in [1.54, 1.807) is 6.92 Å². The molecule has 1 unspecified atom stereocenters. The second kappa shape index (κ2) is 4.41. The highest BCUT2D eigenvalue weighted by molar-refractivity contribution is 5.73. The third-order valence-corrected chi connectivity index (χ3v) is 3.41. The number of rotatable bonds is 4. The van der Waals surface area contributed by atoms with Gasteiger partial charge in [0.15, 0.2) is 0 Å². The monoisotopic (exact) mass is 226 g/mol. The van der Waals surface area contributed by atoms with Crippen LogP contribution in [-0.2, 0) is 9.59 Å². The molecule has 1 aliphatic heterocycles. The molecule has 2 aliphatic rings. The molecular formula is C11H18N2O3. The fraction of sp³-hybridized carbons (Fsp3) is 0.818. The van der Waals surface area contributed by atoms with Gasteiger partial charge in [-0.15, -0.1) is 0 Å². The molecular weight excluding hydrogens is 208 g/mol. The zero-order valence-corrected chi connectivity index (χ0v) is 9.56. The van der Waals surface area contributed by atoms with Crippen molar-refractivity contribution < 1.29 is 14.7 Å². The molecule has 0 radical (unpaired) electrons. The van der Waals surface area contributed by atoms with Crippen molar-refractivity contribution in [3.05, 3.63) is 0 Å². The van der Waals surface area contributed by atoms with E-state index in [2.05, 4.69) is 4.90 Å². The number of carboxylic acids is 1. The van der Waals surface area contributed by atoms with Crippen LogP contribution in [0.15, 0.2) is 0 Å². The van der Waals surface area contributed by atoms with Crippen molar-refractivity contribution in [3.8, 4) is 0 Å². The van der Waals surface area contributed by atoms with E-state index in [-0.39, 0.29) is 18.5 Å². The van der Waals surface area contributed by atoms with Crippen LogP contribution in [-0.4, -0.2) is 58.5 Å². The van der Waals surface area contributed by atoms with E-state index in [0.717, 1.165) is 25.8 Å². The predicted molar refractivity (Wildman–Crippen MR) is 58.0 cm³/mol. The molecule has 1 N–H and O–H groups in total. The van der Waals surface area contributed by atoms with Crippen molar-refractivity contribution >= 4 is 11.9 Å². The molecule has 0 bridgehead atoms. The summed E-state index contributed by atoms with van der Waals surface area (Å²) in [5, 5.41) is 8.87. The van der Waals surface area contributed by atoms with Gasteiger partial charge in [-0.3, -0.25) is 14.5 Å².